The highest BCUT2D eigenvalue weighted by molar-refractivity contribution is 5.23. The summed E-state index contributed by atoms with van der Waals surface area (Å²) in [7, 11) is 0. The van der Waals surface area contributed by atoms with Crippen LogP contribution < -0.4 is 5.73 Å². The van der Waals surface area contributed by atoms with E-state index in [0.29, 0.717) is 6.07 Å². The first kappa shape index (κ1) is 11.9. The molecule has 2 N–H and O–H groups in total. The van der Waals surface area contributed by atoms with Crippen LogP contribution in [-0.2, 0) is 0 Å². The van der Waals surface area contributed by atoms with Crippen molar-refractivity contribution >= 4 is 0 Å². The molecule has 84 valence electrons. The minimum absolute atomic E-state index is 0.110. The van der Waals surface area contributed by atoms with E-state index in [0.717, 1.165) is 0 Å². The van der Waals surface area contributed by atoms with E-state index in [4.69, 9.17) is 5.73 Å². The Morgan fingerprint density at radius 3 is 2.20 bits per heavy atom. The number of halogens is 5. The van der Waals surface area contributed by atoms with Gasteiger partial charge in [0.2, 0.25) is 0 Å². The fraction of sp³-hybridized carbons (Fsp3) is 0.333. The molecule has 1 rings (SSSR count). The maximum Gasteiger partial charge on any atom is 0.197 e. The quantitative estimate of drug-likeness (QED) is 0.477. The van der Waals surface area contributed by atoms with Crippen LogP contribution in [0.3, 0.4) is 0 Å². The Morgan fingerprint density at radius 2 is 1.67 bits per heavy atom. The molecule has 6 heteroatoms. The van der Waals surface area contributed by atoms with E-state index in [-0.39, 0.29) is 13.0 Å². The Labute approximate surface area is 82.7 Å². The summed E-state index contributed by atoms with van der Waals surface area (Å²) in [5.41, 5.74) is 4.15. The lowest BCUT2D eigenvalue weighted by Gasteiger charge is -2.09. The molecule has 15 heavy (non-hydrogen) atoms. The van der Waals surface area contributed by atoms with E-state index >= 15 is 0 Å². The molecule has 0 heterocycles. The molecule has 0 aliphatic rings. The van der Waals surface area contributed by atoms with E-state index in [1.807, 2.05) is 0 Å². The average Bonchev–Trinajstić information content (AvgIpc) is 2.20. The third-order valence-electron chi connectivity index (χ3n) is 1.89. The van der Waals surface area contributed by atoms with Gasteiger partial charge in [0.15, 0.2) is 23.3 Å². The highest BCUT2D eigenvalue weighted by atomic mass is 19.2. The van der Waals surface area contributed by atoms with Crippen molar-refractivity contribution < 1.29 is 22.0 Å². The van der Waals surface area contributed by atoms with Crippen LogP contribution in [0, 0.1) is 23.3 Å². The van der Waals surface area contributed by atoms with Gasteiger partial charge in [0, 0.05) is 5.56 Å². The molecule has 0 bridgehead atoms. The molecule has 0 radical (unpaired) electrons. The highest BCUT2D eigenvalue weighted by Crippen LogP contribution is 2.27. The second kappa shape index (κ2) is 4.57. The van der Waals surface area contributed by atoms with Crippen LogP contribution in [0.25, 0.3) is 0 Å². The summed E-state index contributed by atoms with van der Waals surface area (Å²) in [6.07, 6.45) is -2.24. The number of alkyl halides is 1. The van der Waals surface area contributed by atoms with E-state index < -0.39 is 35.0 Å². The van der Waals surface area contributed by atoms with Crippen molar-refractivity contribution in [3.8, 4) is 0 Å². The maximum absolute atomic E-state index is 13.1. The van der Waals surface area contributed by atoms with Crippen LogP contribution in [0.15, 0.2) is 6.07 Å². The van der Waals surface area contributed by atoms with Gasteiger partial charge in [0.25, 0.3) is 0 Å². The smallest absolute Gasteiger partial charge is 0.197 e. The highest BCUT2D eigenvalue weighted by Gasteiger charge is 2.23. The first-order valence-electron chi connectivity index (χ1n) is 4.16. The third kappa shape index (κ3) is 2.26. The molecular formula is C9H8F5N. The Hall–Kier alpha value is -1.17. The van der Waals surface area contributed by atoms with Crippen molar-refractivity contribution in [2.24, 2.45) is 5.73 Å². The number of hydrogen-bond acceptors (Lipinski definition) is 1. The van der Waals surface area contributed by atoms with Gasteiger partial charge in [-0.15, -0.1) is 0 Å². The Balaban J connectivity index is 3.19. The molecule has 0 aromatic heterocycles. The van der Waals surface area contributed by atoms with Gasteiger partial charge in [0.1, 0.15) is 6.17 Å². The normalized spacial score (nSPS) is 12.9. The second-order valence-electron chi connectivity index (χ2n) is 2.93. The maximum atomic E-state index is 13.1. The lowest BCUT2D eigenvalue weighted by atomic mass is 10.1. The number of hydrogen-bond donors (Lipinski definition) is 1. The monoisotopic (exact) mass is 225 g/mol. The zero-order valence-corrected chi connectivity index (χ0v) is 7.54. The minimum Gasteiger partial charge on any atom is -0.330 e. The van der Waals surface area contributed by atoms with Gasteiger partial charge in [-0.3, -0.25) is 0 Å². The molecule has 0 aliphatic heterocycles. The molecule has 0 aliphatic carbocycles. The molecule has 0 saturated carbocycles. The largest absolute Gasteiger partial charge is 0.330 e. The van der Waals surface area contributed by atoms with Crippen LogP contribution in [0.2, 0.25) is 0 Å². The van der Waals surface area contributed by atoms with Crippen LogP contribution in [0.1, 0.15) is 18.2 Å². The van der Waals surface area contributed by atoms with Crippen molar-refractivity contribution in [2.75, 3.05) is 6.54 Å². The fourth-order valence-corrected chi connectivity index (χ4v) is 1.12. The van der Waals surface area contributed by atoms with Gasteiger partial charge in [-0.1, -0.05) is 0 Å². The summed E-state index contributed by atoms with van der Waals surface area (Å²) in [5, 5.41) is 0. The second-order valence-corrected chi connectivity index (χ2v) is 2.93. The van der Waals surface area contributed by atoms with E-state index in [2.05, 4.69) is 0 Å². The fourth-order valence-electron chi connectivity index (χ4n) is 1.12. The van der Waals surface area contributed by atoms with Gasteiger partial charge in [0.05, 0.1) is 0 Å². The Kier molecular flexibility index (Phi) is 3.62. The standard InChI is InChI=1S/C9H8F5N/c10-5(1-2-15)4-3-6(11)8(13)9(14)7(4)12/h3,5H,1-2,15H2. The molecule has 1 nitrogen and oxygen atoms in total. The molecule has 0 amide bonds. The first-order chi connectivity index (χ1) is 6.99. The third-order valence-corrected chi connectivity index (χ3v) is 1.89. The number of rotatable bonds is 3. The molecule has 0 fully saturated rings. The van der Waals surface area contributed by atoms with Crippen LogP contribution in [0.5, 0.6) is 0 Å². The molecule has 1 unspecified atom stereocenters. The average molecular weight is 225 g/mol. The zero-order valence-electron chi connectivity index (χ0n) is 7.54. The van der Waals surface area contributed by atoms with Gasteiger partial charge >= 0.3 is 0 Å². The van der Waals surface area contributed by atoms with Crippen molar-refractivity contribution in [3.05, 3.63) is 34.9 Å². The summed E-state index contributed by atoms with van der Waals surface area (Å²) in [6, 6.07) is 0.300. The lowest BCUT2D eigenvalue weighted by Crippen LogP contribution is -2.08. The van der Waals surface area contributed by atoms with Gasteiger partial charge < -0.3 is 5.73 Å². The van der Waals surface area contributed by atoms with Crippen LogP contribution >= 0.6 is 0 Å². The number of nitrogens with two attached hydrogens (primary N) is 1. The summed E-state index contributed by atoms with van der Waals surface area (Å²) >= 11 is 0. The van der Waals surface area contributed by atoms with Crippen molar-refractivity contribution in [1.82, 2.24) is 0 Å². The summed E-state index contributed by atoms with van der Waals surface area (Å²) in [5.74, 6) is -7.29. The van der Waals surface area contributed by atoms with E-state index in [1.54, 1.807) is 0 Å². The predicted octanol–water partition coefficient (Wildman–Crippen LogP) is 2.60. The number of benzene rings is 1. The van der Waals surface area contributed by atoms with E-state index in [1.165, 1.54) is 0 Å². The predicted molar refractivity (Wildman–Crippen MR) is 43.8 cm³/mol. The molecule has 0 spiro atoms. The molecule has 1 aromatic rings. The SMILES string of the molecule is NCCC(F)c1cc(F)c(F)c(F)c1F. The van der Waals surface area contributed by atoms with Crippen molar-refractivity contribution in [1.29, 1.82) is 0 Å². The van der Waals surface area contributed by atoms with Crippen molar-refractivity contribution in [3.63, 3.8) is 0 Å². The van der Waals surface area contributed by atoms with E-state index in [9.17, 15) is 22.0 Å². The zero-order chi connectivity index (χ0) is 11.6. The molecule has 0 saturated heterocycles. The lowest BCUT2D eigenvalue weighted by molar-refractivity contribution is 0.305. The summed E-state index contributed by atoms with van der Waals surface area (Å²) in [4.78, 5) is 0. The summed E-state index contributed by atoms with van der Waals surface area (Å²) in [6.45, 7) is -0.110. The van der Waals surface area contributed by atoms with Crippen molar-refractivity contribution in [2.45, 2.75) is 12.6 Å². The van der Waals surface area contributed by atoms with Crippen LogP contribution in [-0.4, -0.2) is 6.54 Å². The minimum atomic E-state index is -2.01. The first-order valence-corrected chi connectivity index (χ1v) is 4.16. The van der Waals surface area contributed by atoms with Gasteiger partial charge in [-0.05, 0) is 19.0 Å². The topological polar surface area (TPSA) is 26.0 Å². The molecule has 1 atom stereocenters. The van der Waals surface area contributed by atoms with Crippen LogP contribution in [0.4, 0.5) is 22.0 Å². The van der Waals surface area contributed by atoms with Gasteiger partial charge in [-0.25, -0.2) is 22.0 Å². The molecular weight excluding hydrogens is 217 g/mol. The van der Waals surface area contributed by atoms with Gasteiger partial charge in [-0.2, -0.15) is 0 Å². The summed E-state index contributed by atoms with van der Waals surface area (Å²) < 4.78 is 63.9. The molecule has 1 aromatic carbocycles. The Morgan fingerprint density at radius 1 is 1.07 bits per heavy atom. The Bertz CT molecular complexity index is 366.